The summed E-state index contributed by atoms with van der Waals surface area (Å²) in [4.78, 5) is 16.7. The van der Waals surface area contributed by atoms with E-state index < -0.39 is 0 Å². The van der Waals surface area contributed by atoms with Crippen molar-refractivity contribution in [3.8, 4) is 0 Å². The number of hydrogen-bond donors (Lipinski definition) is 1. The molecule has 2 aromatic carbocycles. The molecule has 3 aliphatic carbocycles. The Bertz CT molecular complexity index is 951. The van der Waals surface area contributed by atoms with Crippen LogP contribution in [0.4, 0.5) is 0 Å². The van der Waals surface area contributed by atoms with Gasteiger partial charge in [-0.1, -0.05) is 99.2 Å². The molecule has 1 saturated heterocycles. The maximum Gasteiger partial charge on any atom is 1.00 e. The summed E-state index contributed by atoms with van der Waals surface area (Å²) in [5, 5.41) is 3.72. The third-order valence-electron chi connectivity index (χ3n) is 10.4. The van der Waals surface area contributed by atoms with Gasteiger partial charge in [0.1, 0.15) is 0 Å². The van der Waals surface area contributed by atoms with E-state index in [2.05, 4.69) is 70.9 Å². The first kappa shape index (κ1) is 32.2. The largest absolute Gasteiger partial charge is 1.00 e. The van der Waals surface area contributed by atoms with Crippen molar-refractivity contribution in [2.45, 2.75) is 89.1 Å². The van der Waals surface area contributed by atoms with Gasteiger partial charge in [-0.05, 0) is 73.3 Å². The van der Waals surface area contributed by atoms with Crippen LogP contribution in [0.25, 0.3) is 0 Å². The second kappa shape index (κ2) is 15.6. The summed E-state index contributed by atoms with van der Waals surface area (Å²) in [6, 6.07) is 22.7. The predicted octanol–water partition coefficient (Wildman–Crippen LogP) is 1.39. The van der Waals surface area contributed by atoms with Crippen molar-refractivity contribution >= 4 is 5.91 Å². The van der Waals surface area contributed by atoms with E-state index >= 15 is 0 Å². The molecular formula is C34H46IKN2O. The zero-order valence-corrected chi connectivity index (χ0v) is 29.2. The Morgan fingerprint density at radius 1 is 0.692 bits per heavy atom. The van der Waals surface area contributed by atoms with Crippen molar-refractivity contribution in [3.05, 3.63) is 71.8 Å². The molecular weight excluding hydrogens is 618 g/mol. The van der Waals surface area contributed by atoms with Crippen LogP contribution in [0.2, 0.25) is 0 Å². The molecule has 5 heteroatoms. The number of rotatable bonds is 7. The van der Waals surface area contributed by atoms with Gasteiger partial charge >= 0.3 is 51.4 Å². The molecule has 6 rings (SSSR count). The van der Waals surface area contributed by atoms with Gasteiger partial charge in [-0.15, -0.1) is 0 Å². The third kappa shape index (κ3) is 7.61. The second-order valence-corrected chi connectivity index (χ2v) is 12.6. The van der Waals surface area contributed by atoms with Gasteiger partial charge in [-0.3, -0.25) is 9.69 Å². The molecule has 2 aromatic rings. The van der Waals surface area contributed by atoms with Gasteiger partial charge < -0.3 is 29.3 Å². The SMILES string of the molecule is O=C(N[C@H]1CC[C@H]2CN(C(c3ccccc3)c3ccccc3)C[C@H]21)C(C1CCCCC1)C1CCCCC1.[I-].[K+]. The minimum absolute atomic E-state index is 0. The summed E-state index contributed by atoms with van der Waals surface area (Å²) in [6.07, 6.45) is 15.5. The average molecular weight is 665 g/mol. The number of likely N-dealkylation sites (tertiary alicyclic amines) is 1. The Morgan fingerprint density at radius 2 is 1.21 bits per heavy atom. The number of amides is 1. The second-order valence-electron chi connectivity index (χ2n) is 12.6. The molecule has 4 aliphatic rings. The van der Waals surface area contributed by atoms with E-state index in [0.29, 0.717) is 41.7 Å². The summed E-state index contributed by atoms with van der Waals surface area (Å²) in [5.41, 5.74) is 2.76. The molecule has 0 aromatic heterocycles. The van der Waals surface area contributed by atoms with Gasteiger partial charge in [-0.25, -0.2) is 0 Å². The summed E-state index contributed by atoms with van der Waals surface area (Å²) in [7, 11) is 0. The standard InChI is InChI=1S/C34H46N2O.HI.K/c37-34(32(25-13-5-1-6-14-25)26-15-7-2-8-16-26)35-31-22-21-29-23-36(24-30(29)31)33(27-17-9-3-10-18-27)28-19-11-4-12-20-28;;/h3-4,9-12,17-20,25-26,29-33H,1-2,5-8,13-16,21-24H2,(H,35,37);1H;/q;;+1/p-1/t29-,30+,31-;;/m0../s1. The number of nitrogens with one attached hydrogen (secondary N) is 1. The Morgan fingerprint density at radius 3 is 1.72 bits per heavy atom. The van der Waals surface area contributed by atoms with Crippen LogP contribution in [-0.2, 0) is 4.79 Å². The fraction of sp³-hybridized carbons (Fsp3) is 0.618. The van der Waals surface area contributed by atoms with Crippen LogP contribution in [0, 0.1) is 29.6 Å². The summed E-state index contributed by atoms with van der Waals surface area (Å²) in [6.45, 7) is 2.22. The van der Waals surface area contributed by atoms with Gasteiger partial charge in [0.25, 0.3) is 0 Å². The van der Waals surface area contributed by atoms with Crippen LogP contribution in [0.5, 0.6) is 0 Å². The van der Waals surface area contributed by atoms with Crippen molar-refractivity contribution in [2.75, 3.05) is 13.1 Å². The molecule has 0 radical (unpaired) electrons. The molecule has 39 heavy (non-hydrogen) atoms. The average Bonchev–Trinajstić information content (AvgIpc) is 3.53. The van der Waals surface area contributed by atoms with Gasteiger partial charge in [0, 0.05) is 25.0 Å². The van der Waals surface area contributed by atoms with Crippen molar-refractivity contribution in [2.24, 2.45) is 29.6 Å². The fourth-order valence-electron chi connectivity index (χ4n) is 8.65. The smallest absolute Gasteiger partial charge is 1.00 e. The molecule has 1 amide bonds. The molecule has 3 atom stereocenters. The minimum Gasteiger partial charge on any atom is -1.00 e. The molecule has 206 valence electrons. The number of carbonyl (C=O) groups excluding carboxylic acids is 1. The zero-order chi connectivity index (χ0) is 25.0. The van der Waals surface area contributed by atoms with Crippen molar-refractivity contribution in [3.63, 3.8) is 0 Å². The van der Waals surface area contributed by atoms with E-state index in [1.807, 2.05) is 0 Å². The number of fused-ring (bicyclic) bond motifs is 1. The minimum atomic E-state index is 0. The number of hydrogen-bond acceptors (Lipinski definition) is 2. The first-order valence-electron chi connectivity index (χ1n) is 15.4. The Kier molecular flexibility index (Phi) is 12.9. The van der Waals surface area contributed by atoms with E-state index in [0.717, 1.165) is 19.5 Å². The Labute approximate surface area is 296 Å². The molecule has 1 aliphatic heterocycles. The van der Waals surface area contributed by atoms with Gasteiger partial charge in [0.15, 0.2) is 0 Å². The first-order chi connectivity index (χ1) is 18.3. The first-order valence-corrected chi connectivity index (χ1v) is 15.4. The Hall–Kier alpha value is 0.236. The van der Waals surface area contributed by atoms with Crippen molar-refractivity contribution < 1.29 is 80.2 Å². The quantitative estimate of drug-likeness (QED) is 0.359. The van der Waals surface area contributed by atoms with Crippen LogP contribution < -0.4 is 80.7 Å². The molecule has 0 unspecified atom stereocenters. The van der Waals surface area contributed by atoms with Crippen LogP contribution >= 0.6 is 0 Å². The summed E-state index contributed by atoms with van der Waals surface area (Å²) in [5.74, 6) is 3.20. The number of nitrogens with zero attached hydrogens (tertiary/aromatic N) is 1. The number of carbonyl (C=O) groups is 1. The maximum absolute atomic E-state index is 14.0. The molecule has 0 spiro atoms. The summed E-state index contributed by atoms with van der Waals surface area (Å²) < 4.78 is 0. The number of halogens is 1. The summed E-state index contributed by atoms with van der Waals surface area (Å²) >= 11 is 0. The van der Waals surface area contributed by atoms with E-state index in [4.69, 9.17) is 0 Å². The monoisotopic (exact) mass is 664 g/mol. The molecule has 0 bridgehead atoms. The van der Waals surface area contributed by atoms with Crippen LogP contribution in [-0.4, -0.2) is 29.9 Å². The molecule has 4 fully saturated rings. The van der Waals surface area contributed by atoms with E-state index in [-0.39, 0.29) is 81.3 Å². The predicted molar refractivity (Wildman–Crippen MR) is 151 cm³/mol. The van der Waals surface area contributed by atoms with Gasteiger partial charge in [-0.2, -0.15) is 0 Å². The number of benzene rings is 2. The van der Waals surface area contributed by atoms with Crippen LogP contribution in [0.15, 0.2) is 60.7 Å². The maximum atomic E-state index is 14.0. The van der Waals surface area contributed by atoms with E-state index in [1.165, 1.54) is 81.8 Å². The molecule has 3 saturated carbocycles. The van der Waals surface area contributed by atoms with Crippen LogP contribution in [0.3, 0.4) is 0 Å². The van der Waals surface area contributed by atoms with E-state index in [9.17, 15) is 4.79 Å². The van der Waals surface area contributed by atoms with Crippen molar-refractivity contribution in [1.29, 1.82) is 0 Å². The third-order valence-corrected chi connectivity index (χ3v) is 10.4. The zero-order valence-electron chi connectivity index (χ0n) is 23.9. The molecule has 1 N–H and O–H groups in total. The Balaban J connectivity index is 0.00000176. The van der Waals surface area contributed by atoms with Gasteiger partial charge in [0.2, 0.25) is 5.91 Å². The van der Waals surface area contributed by atoms with Crippen molar-refractivity contribution in [1.82, 2.24) is 10.2 Å². The topological polar surface area (TPSA) is 32.3 Å². The van der Waals surface area contributed by atoms with E-state index in [1.54, 1.807) is 0 Å². The molecule has 3 nitrogen and oxygen atoms in total. The molecule has 1 heterocycles. The van der Waals surface area contributed by atoms with Crippen LogP contribution in [0.1, 0.15) is 94.2 Å². The normalized spacial score (nSPS) is 26.2. The van der Waals surface area contributed by atoms with Gasteiger partial charge in [0.05, 0.1) is 6.04 Å². The fourth-order valence-corrected chi connectivity index (χ4v) is 8.65.